The maximum atomic E-state index is 12.1. The van der Waals surface area contributed by atoms with Crippen LogP contribution in [0, 0.1) is 0 Å². The van der Waals surface area contributed by atoms with Crippen molar-refractivity contribution in [2.24, 2.45) is 0 Å². The highest BCUT2D eigenvalue weighted by molar-refractivity contribution is 5.94. The first-order valence-corrected chi connectivity index (χ1v) is 8.59. The predicted octanol–water partition coefficient (Wildman–Crippen LogP) is 2.92. The van der Waals surface area contributed by atoms with Crippen molar-refractivity contribution in [2.45, 2.75) is 19.4 Å². The third kappa shape index (κ3) is 6.18. The molecule has 6 heteroatoms. The van der Waals surface area contributed by atoms with Crippen LogP contribution < -0.4 is 14.8 Å². The van der Waals surface area contributed by atoms with Crippen LogP contribution in [0.5, 0.6) is 11.5 Å². The smallest absolute Gasteiger partial charge is 0.326 e. The SMILES string of the molecule is CCOc1ccc(/C=C/C(=O)NC(Cc2ccccc2)C(=O)O)cc1OC. The zero-order valence-corrected chi connectivity index (χ0v) is 15.3. The first-order chi connectivity index (χ1) is 13.0. The van der Waals surface area contributed by atoms with E-state index in [0.717, 1.165) is 11.1 Å². The summed E-state index contributed by atoms with van der Waals surface area (Å²) in [4.78, 5) is 23.6. The molecule has 0 aliphatic heterocycles. The van der Waals surface area contributed by atoms with Crippen LogP contribution in [0.3, 0.4) is 0 Å². The quantitative estimate of drug-likeness (QED) is 0.664. The van der Waals surface area contributed by atoms with Crippen LogP contribution in [0.25, 0.3) is 6.08 Å². The van der Waals surface area contributed by atoms with E-state index in [1.807, 2.05) is 37.3 Å². The summed E-state index contributed by atoms with van der Waals surface area (Å²) in [6.07, 6.45) is 3.11. The molecule has 142 valence electrons. The second-order valence-corrected chi connectivity index (χ2v) is 5.77. The fourth-order valence-corrected chi connectivity index (χ4v) is 2.50. The molecule has 0 aliphatic rings. The molecule has 2 N–H and O–H groups in total. The summed E-state index contributed by atoms with van der Waals surface area (Å²) in [5.41, 5.74) is 1.57. The summed E-state index contributed by atoms with van der Waals surface area (Å²) in [6.45, 7) is 2.40. The van der Waals surface area contributed by atoms with Crippen molar-refractivity contribution in [3.05, 3.63) is 65.7 Å². The summed E-state index contributed by atoms with van der Waals surface area (Å²) in [5, 5.41) is 11.9. The molecule has 0 saturated heterocycles. The van der Waals surface area contributed by atoms with Crippen LogP contribution in [0.4, 0.5) is 0 Å². The van der Waals surface area contributed by atoms with Gasteiger partial charge in [-0.2, -0.15) is 0 Å². The molecule has 1 amide bonds. The Bertz CT molecular complexity index is 801. The van der Waals surface area contributed by atoms with Crippen LogP contribution in [0.15, 0.2) is 54.6 Å². The molecule has 0 radical (unpaired) electrons. The Kier molecular flexibility index (Phi) is 7.43. The van der Waals surface area contributed by atoms with Crippen LogP contribution in [-0.2, 0) is 16.0 Å². The van der Waals surface area contributed by atoms with Gasteiger partial charge in [0.05, 0.1) is 13.7 Å². The van der Waals surface area contributed by atoms with E-state index in [-0.39, 0.29) is 6.42 Å². The molecular weight excluding hydrogens is 346 g/mol. The highest BCUT2D eigenvalue weighted by Gasteiger charge is 2.19. The van der Waals surface area contributed by atoms with Gasteiger partial charge in [0.1, 0.15) is 6.04 Å². The van der Waals surface area contributed by atoms with E-state index in [9.17, 15) is 14.7 Å². The largest absolute Gasteiger partial charge is 0.493 e. The van der Waals surface area contributed by atoms with Crippen molar-refractivity contribution in [2.75, 3.05) is 13.7 Å². The molecule has 2 rings (SSSR count). The molecule has 2 aromatic rings. The first kappa shape index (κ1) is 20.0. The van der Waals surface area contributed by atoms with Gasteiger partial charge in [-0.3, -0.25) is 4.79 Å². The van der Waals surface area contributed by atoms with Gasteiger partial charge in [-0.15, -0.1) is 0 Å². The van der Waals surface area contributed by atoms with E-state index >= 15 is 0 Å². The number of rotatable bonds is 9. The number of nitrogens with one attached hydrogen (secondary N) is 1. The van der Waals surface area contributed by atoms with Gasteiger partial charge in [-0.25, -0.2) is 4.79 Å². The van der Waals surface area contributed by atoms with Crippen molar-refractivity contribution in [3.63, 3.8) is 0 Å². The van der Waals surface area contributed by atoms with E-state index < -0.39 is 17.9 Å². The molecule has 0 saturated carbocycles. The van der Waals surface area contributed by atoms with Gasteiger partial charge in [-0.05, 0) is 36.3 Å². The Labute approximate surface area is 158 Å². The monoisotopic (exact) mass is 369 g/mol. The second kappa shape index (κ2) is 10.0. The van der Waals surface area contributed by atoms with Crippen LogP contribution >= 0.6 is 0 Å². The van der Waals surface area contributed by atoms with E-state index in [4.69, 9.17) is 9.47 Å². The molecule has 1 atom stereocenters. The number of hydrogen-bond acceptors (Lipinski definition) is 4. The second-order valence-electron chi connectivity index (χ2n) is 5.77. The van der Waals surface area contributed by atoms with Gasteiger partial charge in [0.2, 0.25) is 5.91 Å². The van der Waals surface area contributed by atoms with Crippen LogP contribution in [0.1, 0.15) is 18.1 Å². The van der Waals surface area contributed by atoms with Crippen LogP contribution in [0.2, 0.25) is 0 Å². The Morgan fingerprint density at radius 3 is 2.52 bits per heavy atom. The fraction of sp³-hybridized carbons (Fsp3) is 0.238. The first-order valence-electron chi connectivity index (χ1n) is 8.59. The zero-order valence-electron chi connectivity index (χ0n) is 15.3. The topological polar surface area (TPSA) is 84.9 Å². The number of hydrogen-bond donors (Lipinski definition) is 2. The van der Waals surface area contributed by atoms with Crippen molar-refractivity contribution < 1.29 is 24.2 Å². The zero-order chi connectivity index (χ0) is 19.6. The van der Waals surface area contributed by atoms with Gasteiger partial charge in [0, 0.05) is 12.5 Å². The normalized spacial score (nSPS) is 11.8. The van der Waals surface area contributed by atoms with E-state index in [1.165, 1.54) is 6.08 Å². The lowest BCUT2D eigenvalue weighted by Crippen LogP contribution is -2.41. The number of carbonyl (C=O) groups is 2. The number of carboxylic acid groups (broad SMARTS) is 1. The molecule has 0 aliphatic carbocycles. The molecule has 1 unspecified atom stereocenters. The Morgan fingerprint density at radius 2 is 1.89 bits per heavy atom. The fourth-order valence-electron chi connectivity index (χ4n) is 2.50. The maximum Gasteiger partial charge on any atom is 0.326 e. The Morgan fingerprint density at radius 1 is 1.15 bits per heavy atom. The maximum absolute atomic E-state index is 12.1. The highest BCUT2D eigenvalue weighted by Crippen LogP contribution is 2.28. The lowest BCUT2D eigenvalue weighted by molar-refractivity contribution is -0.141. The lowest BCUT2D eigenvalue weighted by atomic mass is 10.1. The van der Waals surface area contributed by atoms with Crippen molar-refractivity contribution in [3.8, 4) is 11.5 Å². The molecule has 27 heavy (non-hydrogen) atoms. The number of carboxylic acids is 1. The van der Waals surface area contributed by atoms with Gasteiger partial charge in [0.15, 0.2) is 11.5 Å². The highest BCUT2D eigenvalue weighted by atomic mass is 16.5. The summed E-state index contributed by atoms with van der Waals surface area (Å²) in [5.74, 6) is -0.378. The number of ether oxygens (including phenoxy) is 2. The van der Waals surface area contributed by atoms with E-state index in [2.05, 4.69) is 5.32 Å². The summed E-state index contributed by atoms with van der Waals surface area (Å²) in [6, 6.07) is 13.4. The molecule has 2 aromatic carbocycles. The molecular formula is C21H23NO5. The average Bonchev–Trinajstić information content (AvgIpc) is 2.67. The van der Waals surface area contributed by atoms with Crippen molar-refractivity contribution in [1.82, 2.24) is 5.32 Å². The van der Waals surface area contributed by atoms with Gasteiger partial charge in [-0.1, -0.05) is 36.4 Å². The number of benzene rings is 2. The lowest BCUT2D eigenvalue weighted by Gasteiger charge is -2.13. The Balaban J connectivity index is 2.03. The van der Waals surface area contributed by atoms with E-state index in [0.29, 0.717) is 18.1 Å². The summed E-state index contributed by atoms with van der Waals surface area (Å²) < 4.78 is 10.7. The average molecular weight is 369 g/mol. The summed E-state index contributed by atoms with van der Waals surface area (Å²) in [7, 11) is 1.54. The van der Waals surface area contributed by atoms with Gasteiger partial charge < -0.3 is 19.9 Å². The van der Waals surface area contributed by atoms with Crippen molar-refractivity contribution >= 4 is 18.0 Å². The van der Waals surface area contributed by atoms with Crippen molar-refractivity contribution in [1.29, 1.82) is 0 Å². The number of methoxy groups -OCH3 is 1. The molecule has 0 heterocycles. The Hall–Kier alpha value is -3.28. The number of aliphatic carboxylic acids is 1. The standard InChI is InChI=1S/C21H23NO5/c1-3-27-18-11-9-16(14-19(18)26-2)10-12-20(23)22-17(21(24)25)13-15-7-5-4-6-8-15/h4-12,14,17H,3,13H2,1-2H3,(H,22,23)(H,24,25)/b12-10+. The molecule has 6 nitrogen and oxygen atoms in total. The molecule has 0 fully saturated rings. The minimum atomic E-state index is -1.08. The number of amides is 1. The summed E-state index contributed by atoms with van der Waals surface area (Å²) >= 11 is 0. The molecule has 0 bridgehead atoms. The van der Waals surface area contributed by atoms with E-state index in [1.54, 1.807) is 31.4 Å². The third-order valence-corrected chi connectivity index (χ3v) is 3.81. The molecule has 0 aromatic heterocycles. The third-order valence-electron chi connectivity index (χ3n) is 3.81. The van der Waals surface area contributed by atoms with Gasteiger partial charge >= 0.3 is 5.97 Å². The minimum Gasteiger partial charge on any atom is -0.493 e. The number of carbonyl (C=O) groups excluding carboxylic acids is 1. The van der Waals surface area contributed by atoms with Gasteiger partial charge in [0.25, 0.3) is 0 Å². The minimum absolute atomic E-state index is 0.215. The predicted molar refractivity (Wildman–Crippen MR) is 103 cm³/mol. The van der Waals surface area contributed by atoms with Crippen LogP contribution in [-0.4, -0.2) is 36.7 Å². The molecule has 0 spiro atoms.